The van der Waals surface area contributed by atoms with E-state index in [4.69, 9.17) is 9.84 Å². The molecule has 1 heterocycles. The van der Waals surface area contributed by atoms with Crippen LogP contribution in [-0.2, 0) is 26.1 Å². The number of rotatable bonds is 10. The van der Waals surface area contributed by atoms with Gasteiger partial charge in [0.1, 0.15) is 6.61 Å². The number of thiophene rings is 1. The van der Waals surface area contributed by atoms with E-state index in [-0.39, 0.29) is 30.2 Å². The monoisotopic (exact) mass is 398 g/mol. The molecule has 0 spiro atoms. The maximum atomic E-state index is 12.4. The van der Waals surface area contributed by atoms with Crippen LogP contribution < -0.4 is 10.0 Å². The molecule has 1 aromatic heterocycles. The molecule has 2 aromatic rings. The minimum atomic E-state index is -3.74. The zero-order valence-corrected chi connectivity index (χ0v) is 15.3. The highest BCUT2D eigenvalue weighted by Gasteiger charge is 2.16. The lowest BCUT2D eigenvalue weighted by Gasteiger charge is -2.09. The second kappa shape index (κ2) is 9.43. The van der Waals surface area contributed by atoms with Crippen molar-refractivity contribution in [3.8, 4) is 0 Å². The number of ether oxygens (including phenoxy) is 1. The number of carbonyl (C=O) groups is 2. The number of carbonyl (C=O) groups excluding carboxylic acids is 1. The van der Waals surface area contributed by atoms with Crippen molar-refractivity contribution in [2.75, 3.05) is 19.8 Å². The zero-order valence-electron chi connectivity index (χ0n) is 13.7. The Kier molecular flexibility index (Phi) is 7.27. The molecule has 0 bridgehead atoms. The van der Waals surface area contributed by atoms with E-state index in [1.807, 2.05) is 17.5 Å². The van der Waals surface area contributed by atoms with Crippen LogP contribution in [-0.4, -0.2) is 45.2 Å². The SMILES string of the molecule is O=C(O)COCCNC(=O)c1cccc(S(=O)(=O)NCc2cccs2)c1. The summed E-state index contributed by atoms with van der Waals surface area (Å²) in [6.45, 7) is -0.116. The van der Waals surface area contributed by atoms with Crippen molar-refractivity contribution < 1.29 is 27.9 Å². The summed E-state index contributed by atoms with van der Waals surface area (Å²) in [4.78, 5) is 23.2. The van der Waals surface area contributed by atoms with Crippen LogP contribution in [0.25, 0.3) is 0 Å². The molecule has 0 aliphatic heterocycles. The van der Waals surface area contributed by atoms with Gasteiger partial charge in [-0.2, -0.15) is 0 Å². The molecule has 3 N–H and O–H groups in total. The molecule has 2 rings (SSSR count). The number of carboxylic acids is 1. The van der Waals surface area contributed by atoms with E-state index >= 15 is 0 Å². The maximum absolute atomic E-state index is 12.4. The van der Waals surface area contributed by atoms with Gasteiger partial charge >= 0.3 is 5.97 Å². The maximum Gasteiger partial charge on any atom is 0.329 e. The van der Waals surface area contributed by atoms with Gasteiger partial charge < -0.3 is 15.2 Å². The normalized spacial score (nSPS) is 11.2. The van der Waals surface area contributed by atoms with Crippen LogP contribution in [0.3, 0.4) is 0 Å². The van der Waals surface area contributed by atoms with E-state index in [0.717, 1.165) is 4.88 Å². The third kappa shape index (κ3) is 6.23. The lowest BCUT2D eigenvalue weighted by molar-refractivity contribution is -0.142. The summed E-state index contributed by atoms with van der Waals surface area (Å²) in [5.41, 5.74) is 0.183. The van der Waals surface area contributed by atoms with Crippen LogP contribution in [0.1, 0.15) is 15.2 Å². The topological polar surface area (TPSA) is 122 Å². The summed E-state index contributed by atoms with van der Waals surface area (Å²) in [5.74, 6) is -1.57. The van der Waals surface area contributed by atoms with Gasteiger partial charge in [-0.05, 0) is 29.6 Å². The lowest BCUT2D eigenvalue weighted by Crippen LogP contribution is -2.28. The Morgan fingerprint density at radius 1 is 1.19 bits per heavy atom. The molecule has 1 aromatic carbocycles. The molecule has 0 unspecified atom stereocenters. The molecule has 0 saturated heterocycles. The predicted molar refractivity (Wildman–Crippen MR) is 95.6 cm³/mol. The standard InChI is InChI=1S/C16H18N2O6S2/c19-15(20)11-24-7-6-17-16(21)12-3-1-5-14(9-12)26(22,23)18-10-13-4-2-8-25-13/h1-5,8-9,18H,6-7,10-11H2,(H,17,21)(H,19,20). The molecule has 26 heavy (non-hydrogen) atoms. The predicted octanol–water partition coefficient (Wildman–Crippen LogP) is 1.06. The van der Waals surface area contributed by atoms with Gasteiger partial charge in [0.05, 0.1) is 11.5 Å². The Hall–Kier alpha value is -2.27. The smallest absolute Gasteiger partial charge is 0.329 e. The molecule has 0 radical (unpaired) electrons. The molecule has 8 nitrogen and oxygen atoms in total. The molecule has 140 valence electrons. The van der Waals surface area contributed by atoms with Crippen LogP contribution in [0.2, 0.25) is 0 Å². The Bertz CT molecular complexity index is 849. The van der Waals surface area contributed by atoms with Gasteiger partial charge in [0, 0.05) is 23.5 Å². The van der Waals surface area contributed by atoms with Crippen LogP contribution >= 0.6 is 11.3 Å². The zero-order chi connectivity index (χ0) is 19.0. The number of hydrogen-bond acceptors (Lipinski definition) is 6. The van der Waals surface area contributed by atoms with E-state index in [0.29, 0.717) is 0 Å². The van der Waals surface area contributed by atoms with Gasteiger partial charge in [-0.15, -0.1) is 11.3 Å². The molecule has 0 aliphatic carbocycles. The number of aliphatic carboxylic acids is 1. The minimum absolute atomic E-state index is 0.0103. The summed E-state index contributed by atoms with van der Waals surface area (Å²) in [6, 6.07) is 9.32. The highest BCUT2D eigenvalue weighted by atomic mass is 32.2. The number of carboxylic acid groups (broad SMARTS) is 1. The van der Waals surface area contributed by atoms with Gasteiger partial charge in [0.2, 0.25) is 10.0 Å². The fraction of sp³-hybridized carbons (Fsp3) is 0.250. The van der Waals surface area contributed by atoms with Crippen molar-refractivity contribution >= 4 is 33.2 Å². The van der Waals surface area contributed by atoms with Crippen molar-refractivity contribution in [3.05, 3.63) is 52.2 Å². The molecule has 0 saturated carbocycles. The van der Waals surface area contributed by atoms with E-state index < -0.39 is 28.5 Å². The molecule has 10 heteroatoms. The Labute approximate surface area is 154 Å². The average molecular weight is 398 g/mol. The van der Waals surface area contributed by atoms with Crippen molar-refractivity contribution in [1.29, 1.82) is 0 Å². The van der Waals surface area contributed by atoms with E-state index in [9.17, 15) is 18.0 Å². The van der Waals surface area contributed by atoms with E-state index in [2.05, 4.69) is 10.0 Å². The lowest BCUT2D eigenvalue weighted by atomic mass is 10.2. The van der Waals surface area contributed by atoms with Crippen molar-refractivity contribution in [3.63, 3.8) is 0 Å². The van der Waals surface area contributed by atoms with Crippen LogP contribution in [0.4, 0.5) is 0 Å². The van der Waals surface area contributed by atoms with Crippen molar-refractivity contribution in [2.45, 2.75) is 11.4 Å². The number of amides is 1. The van der Waals surface area contributed by atoms with Crippen molar-refractivity contribution in [1.82, 2.24) is 10.0 Å². The van der Waals surface area contributed by atoms with Crippen LogP contribution in [0.5, 0.6) is 0 Å². The Morgan fingerprint density at radius 3 is 2.69 bits per heavy atom. The van der Waals surface area contributed by atoms with E-state index in [1.165, 1.54) is 35.6 Å². The Morgan fingerprint density at radius 2 is 2.00 bits per heavy atom. The van der Waals surface area contributed by atoms with E-state index in [1.54, 1.807) is 0 Å². The fourth-order valence-electron chi connectivity index (χ4n) is 1.97. The largest absolute Gasteiger partial charge is 0.480 e. The second-order valence-corrected chi connectivity index (χ2v) is 7.93. The fourth-order valence-corrected chi connectivity index (χ4v) is 3.75. The van der Waals surface area contributed by atoms with Gasteiger partial charge in [-0.3, -0.25) is 4.79 Å². The third-order valence-corrected chi connectivity index (χ3v) is 5.46. The first-order valence-electron chi connectivity index (χ1n) is 7.58. The minimum Gasteiger partial charge on any atom is -0.480 e. The molecule has 0 fully saturated rings. The summed E-state index contributed by atoms with van der Waals surface area (Å²) >= 11 is 1.44. The summed E-state index contributed by atoms with van der Waals surface area (Å²) < 4.78 is 32.0. The van der Waals surface area contributed by atoms with Crippen molar-refractivity contribution in [2.24, 2.45) is 0 Å². The number of sulfonamides is 1. The number of hydrogen-bond donors (Lipinski definition) is 3. The summed E-state index contributed by atoms with van der Waals surface area (Å²) in [5, 5.41) is 12.8. The third-order valence-electron chi connectivity index (χ3n) is 3.18. The van der Waals surface area contributed by atoms with Crippen LogP contribution in [0.15, 0.2) is 46.7 Å². The first kappa shape index (κ1) is 20.0. The molecule has 1 amide bonds. The number of benzene rings is 1. The number of nitrogens with one attached hydrogen (secondary N) is 2. The van der Waals surface area contributed by atoms with Crippen LogP contribution in [0, 0.1) is 0 Å². The summed E-state index contributed by atoms with van der Waals surface area (Å²) in [6.07, 6.45) is 0. The highest BCUT2D eigenvalue weighted by Crippen LogP contribution is 2.14. The first-order valence-corrected chi connectivity index (χ1v) is 9.94. The van der Waals surface area contributed by atoms with Gasteiger partial charge in [-0.25, -0.2) is 17.9 Å². The molecular formula is C16H18N2O6S2. The second-order valence-electron chi connectivity index (χ2n) is 5.13. The Balaban J connectivity index is 1.93. The first-order chi connectivity index (χ1) is 12.4. The molecular weight excluding hydrogens is 380 g/mol. The van der Waals surface area contributed by atoms with Gasteiger partial charge in [-0.1, -0.05) is 12.1 Å². The molecule has 0 aliphatic rings. The average Bonchev–Trinajstić information content (AvgIpc) is 3.13. The van der Waals surface area contributed by atoms with Gasteiger partial charge in [0.25, 0.3) is 5.91 Å². The quantitative estimate of drug-likeness (QED) is 0.515. The summed E-state index contributed by atoms with van der Waals surface area (Å²) in [7, 11) is -3.74. The highest BCUT2D eigenvalue weighted by molar-refractivity contribution is 7.89. The molecule has 0 atom stereocenters. The van der Waals surface area contributed by atoms with Gasteiger partial charge in [0.15, 0.2) is 0 Å².